The molecule has 3 N–H and O–H groups in total. The summed E-state index contributed by atoms with van der Waals surface area (Å²) in [6.45, 7) is 4.34. The van der Waals surface area contributed by atoms with Crippen LogP contribution in [0.3, 0.4) is 0 Å². The summed E-state index contributed by atoms with van der Waals surface area (Å²) in [4.78, 5) is 14.6. The molecule has 1 aromatic rings. The van der Waals surface area contributed by atoms with Crippen molar-refractivity contribution in [2.24, 2.45) is 0 Å². The zero-order chi connectivity index (χ0) is 14.3. The first-order valence-electron chi connectivity index (χ1n) is 5.88. The fourth-order valence-corrected chi connectivity index (χ4v) is 2.39. The van der Waals surface area contributed by atoms with E-state index in [-0.39, 0.29) is 23.9 Å². The number of hydrogen-bond acceptors (Lipinski definition) is 5. The Kier molecular flexibility index (Phi) is 5.71. The second-order valence-corrected chi connectivity index (χ2v) is 5.59. The van der Waals surface area contributed by atoms with Gasteiger partial charge in [0.2, 0.25) is 15.9 Å². The van der Waals surface area contributed by atoms with Crippen LogP contribution >= 0.6 is 0 Å². The van der Waals surface area contributed by atoms with Gasteiger partial charge >= 0.3 is 0 Å². The van der Waals surface area contributed by atoms with Gasteiger partial charge in [0.05, 0.1) is 11.9 Å². The summed E-state index contributed by atoms with van der Waals surface area (Å²) in [5, 5.41) is 5.50. The number of carbonyl (C=O) groups excluding carboxylic acids is 1. The molecule has 0 spiro atoms. The molecule has 0 aliphatic rings. The molecule has 0 aliphatic carbocycles. The number of nitrogens with zero attached hydrogens (tertiary/aromatic N) is 1. The molecule has 0 bridgehead atoms. The van der Waals surface area contributed by atoms with Gasteiger partial charge in [0.15, 0.2) is 0 Å². The number of hydrogen-bond donors (Lipinski definition) is 3. The molecule has 0 fully saturated rings. The Labute approximate surface area is 112 Å². The summed E-state index contributed by atoms with van der Waals surface area (Å²) in [5.41, 5.74) is 0.646. The molecule has 0 saturated heterocycles. The van der Waals surface area contributed by atoms with Crippen LogP contribution in [0.15, 0.2) is 23.4 Å². The molecule has 0 radical (unpaired) electrons. The molecule has 1 amide bonds. The number of nitrogens with one attached hydrogen (secondary N) is 3. The van der Waals surface area contributed by atoms with E-state index in [9.17, 15) is 13.2 Å². The quantitative estimate of drug-likeness (QED) is 0.609. The Morgan fingerprint density at radius 2 is 2.05 bits per heavy atom. The smallest absolute Gasteiger partial charge is 0.242 e. The highest BCUT2D eigenvalue weighted by Crippen LogP contribution is 2.12. The topological polar surface area (TPSA) is 100 Å². The number of anilines is 1. The van der Waals surface area contributed by atoms with Gasteiger partial charge in [-0.3, -0.25) is 9.78 Å². The standard InChI is InChI=1S/C11H18N4O3S/c1-3-13-10-6-11(8-12-7-10)19(17,18)15-5-4-14-9(2)16/h6-8,13,15H,3-5H2,1-2H3,(H,14,16). The normalized spacial score (nSPS) is 11.1. The van der Waals surface area contributed by atoms with Crippen molar-refractivity contribution in [1.82, 2.24) is 15.0 Å². The van der Waals surface area contributed by atoms with Crippen LogP contribution in [-0.2, 0) is 14.8 Å². The van der Waals surface area contributed by atoms with Crippen molar-refractivity contribution in [3.05, 3.63) is 18.5 Å². The number of aromatic nitrogens is 1. The van der Waals surface area contributed by atoms with Gasteiger partial charge in [0, 0.05) is 32.8 Å². The lowest BCUT2D eigenvalue weighted by atomic mass is 10.4. The number of sulfonamides is 1. The van der Waals surface area contributed by atoms with Crippen molar-refractivity contribution in [2.45, 2.75) is 18.7 Å². The Morgan fingerprint density at radius 1 is 1.32 bits per heavy atom. The third-order valence-corrected chi connectivity index (χ3v) is 3.62. The number of carbonyl (C=O) groups is 1. The van der Waals surface area contributed by atoms with E-state index >= 15 is 0 Å². The number of rotatable bonds is 7. The molecule has 106 valence electrons. The van der Waals surface area contributed by atoms with Gasteiger partial charge in [0.25, 0.3) is 0 Å². The second-order valence-electron chi connectivity index (χ2n) is 3.82. The van der Waals surface area contributed by atoms with E-state index in [1.54, 1.807) is 6.20 Å². The molecule has 0 unspecified atom stereocenters. The lowest BCUT2D eigenvalue weighted by molar-refractivity contribution is -0.118. The van der Waals surface area contributed by atoms with Gasteiger partial charge < -0.3 is 10.6 Å². The van der Waals surface area contributed by atoms with Crippen molar-refractivity contribution in [3.8, 4) is 0 Å². The summed E-state index contributed by atoms with van der Waals surface area (Å²) >= 11 is 0. The first-order chi connectivity index (χ1) is 8.95. The van der Waals surface area contributed by atoms with E-state index in [1.807, 2.05) is 6.92 Å². The highest BCUT2D eigenvalue weighted by molar-refractivity contribution is 7.89. The van der Waals surface area contributed by atoms with Gasteiger partial charge in [-0.25, -0.2) is 13.1 Å². The van der Waals surface area contributed by atoms with Crippen LogP contribution in [0.2, 0.25) is 0 Å². The van der Waals surface area contributed by atoms with Crippen molar-refractivity contribution in [3.63, 3.8) is 0 Å². The minimum Gasteiger partial charge on any atom is -0.384 e. The van der Waals surface area contributed by atoms with Crippen molar-refractivity contribution in [1.29, 1.82) is 0 Å². The molecule has 1 aromatic heterocycles. The van der Waals surface area contributed by atoms with Crippen LogP contribution in [-0.4, -0.2) is 38.9 Å². The second kappa shape index (κ2) is 7.05. The van der Waals surface area contributed by atoms with E-state index in [2.05, 4.69) is 20.3 Å². The lowest BCUT2D eigenvalue weighted by Crippen LogP contribution is -2.33. The van der Waals surface area contributed by atoms with Gasteiger partial charge in [-0.2, -0.15) is 0 Å². The van der Waals surface area contributed by atoms with Crippen molar-refractivity contribution >= 4 is 21.6 Å². The number of pyridine rings is 1. The summed E-state index contributed by atoms with van der Waals surface area (Å²) in [7, 11) is -3.60. The van der Waals surface area contributed by atoms with E-state index in [1.165, 1.54) is 19.2 Å². The Hall–Kier alpha value is -1.67. The van der Waals surface area contributed by atoms with Crippen LogP contribution < -0.4 is 15.4 Å². The van der Waals surface area contributed by atoms with Crippen LogP contribution in [0, 0.1) is 0 Å². The van der Waals surface area contributed by atoms with E-state index in [0.29, 0.717) is 12.2 Å². The Balaban J connectivity index is 2.66. The van der Waals surface area contributed by atoms with E-state index in [0.717, 1.165) is 0 Å². The molecule has 0 aromatic carbocycles. The zero-order valence-corrected chi connectivity index (χ0v) is 11.8. The molecule has 8 heteroatoms. The first-order valence-corrected chi connectivity index (χ1v) is 7.37. The molecule has 1 heterocycles. The van der Waals surface area contributed by atoms with Crippen LogP contribution in [0.4, 0.5) is 5.69 Å². The maximum absolute atomic E-state index is 11.9. The van der Waals surface area contributed by atoms with Gasteiger partial charge in [0.1, 0.15) is 4.90 Å². The predicted octanol–water partition coefficient (Wildman–Crippen LogP) is -0.0722. The maximum atomic E-state index is 11.9. The molecular weight excluding hydrogens is 268 g/mol. The largest absolute Gasteiger partial charge is 0.384 e. The highest BCUT2D eigenvalue weighted by atomic mass is 32.2. The summed E-state index contributed by atoms with van der Waals surface area (Å²) in [6, 6.07) is 1.51. The SMILES string of the molecule is CCNc1cncc(S(=O)(=O)NCCNC(C)=O)c1. The molecule has 0 aliphatic heterocycles. The highest BCUT2D eigenvalue weighted by Gasteiger charge is 2.14. The molecule has 19 heavy (non-hydrogen) atoms. The summed E-state index contributed by atoms with van der Waals surface area (Å²) in [5.74, 6) is -0.199. The third-order valence-electron chi connectivity index (χ3n) is 2.20. The first kappa shape index (κ1) is 15.4. The lowest BCUT2D eigenvalue weighted by Gasteiger charge is -2.08. The minimum atomic E-state index is -3.60. The zero-order valence-electron chi connectivity index (χ0n) is 10.9. The predicted molar refractivity (Wildman–Crippen MR) is 72.3 cm³/mol. The fraction of sp³-hybridized carbons (Fsp3) is 0.455. The van der Waals surface area contributed by atoms with E-state index in [4.69, 9.17) is 0 Å². The van der Waals surface area contributed by atoms with Crippen molar-refractivity contribution in [2.75, 3.05) is 25.0 Å². The van der Waals surface area contributed by atoms with E-state index < -0.39 is 10.0 Å². The van der Waals surface area contributed by atoms with Gasteiger partial charge in [-0.15, -0.1) is 0 Å². The molecule has 0 atom stereocenters. The summed E-state index contributed by atoms with van der Waals surface area (Å²) in [6.07, 6.45) is 2.83. The molecular formula is C11H18N4O3S. The number of amides is 1. The molecule has 0 saturated carbocycles. The van der Waals surface area contributed by atoms with Gasteiger partial charge in [-0.1, -0.05) is 0 Å². The Morgan fingerprint density at radius 3 is 2.68 bits per heavy atom. The monoisotopic (exact) mass is 286 g/mol. The van der Waals surface area contributed by atoms with Crippen LogP contribution in [0.5, 0.6) is 0 Å². The average Bonchev–Trinajstić information content (AvgIpc) is 2.35. The van der Waals surface area contributed by atoms with Crippen LogP contribution in [0.1, 0.15) is 13.8 Å². The Bertz CT molecular complexity index is 530. The fourth-order valence-electron chi connectivity index (χ4n) is 1.37. The average molecular weight is 286 g/mol. The maximum Gasteiger partial charge on any atom is 0.242 e. The molecule has 1 rings (SSSR count). The van der Waals surface area contributed by atoms with Crippen LogP contribution in [0.25, 0.3) is 0 Å². The van der Waals surface area contributed by atoms with Crippen molar-refractivity contribution < 1.29 is 13.2 Å². The summed E-state index contributed by atoms with van der Waals surface area (Å²) < 4.78 is 26.3. The third kappa shape index (κ3) is 5.23. The van der Waals surface area contributed by atoms with Gasteiger partial charge in [-0.05, 0) is 13.0 Å². The molecule has 7 nitrogen and oxygen atoms in total. The minimum absolute atomic E-state index is 0.0915.